The molecule has 3 heteroatoms. The van der Waals surface area contributed by atoms with E-state index in [0.29, 0.717) is 11.7 Å². The van der Waals surface area contributed by atoms with E-state index < -0.39 is 0 Å². The second-order valence-electron chi connectivity index (χ2n) is 3.56. The Morgan fingerprint density at radius 1 is 1.40 bits per heavy atom. The molecule has 1 N–H and O–H groups in total. The minimum Gasteiger partial charge on any atom is -0.325 e. The molecule has 1 aromatic carbocycles. The maximum atomic E-state index is 11.3. The number of carbonyl (C=O) groups is 1. The molecule has 0 aliphatic carbocycles. The van der Waals surface area contributed by atoms with Gasteiger partial charge in [-0.2, -0.15) is 0 Å². The van der Waals surface area contributed by atoms with Crippen LogP contribution in [0.4, 0.5) is 5.69 Å². The fraction of sp³-hybridized carbons (Fsp3) is 0.417. The van der Waals surface area contributed by atoms with Crippen LogP contribution in [0.15, 0.2) is 29.2 Å². The van der Waals surface area contributed by atoms with Crippen LogP contribution in [0.3, 0.4) is 0 Å². The van der Waals surface area contributed by atoms with Gasteiger partial charge in [-0.05, 0) is 12.1 Å². The van der Waals surface area contributed by atoms with Gasteiger partial charge in [0.2, 0.25) is 5.91 Å². The third kappa shape index (κ3) is 3.96. The van der Waals surface area contributed by atoms with Crippen molar-refractivity contribution in [3.8, 4) is 0 Å². The van der Waals surface area contributed by atoms with E-state index in [1.807, 2.05) is 31.2 Å². The zero-order valence-electron chi connectivity index (χ0n) is 9.41. The number of carbonyl (C=O) groups excluding carboxylic acids is 1. The molecule has 0 aliphatic heterocycles. The van der Waals surface area contributed by atoms with Crippen molar-refractivity contribution < 1.29 is 4.79 Å². The lowest BCUT2D eigenvalue weighted by molar-refractivity contribution is -0.115. The minimum atomic E-state index is 0.0619. The maximum Gasteiger partial charge on any atom is 0.224 e. The smallest absolute Gasteiger partial charge is 0.224 e. The van der Waals surface area contributed by atoms with Crippen molar-refractivity contribution in [2.75, 3.05) is 5.32 Å². The summed E-state index contributed by atoms with van der Waals surface area (Å²) in [5, 5.41) is 3.42. The van der Waals surface area contributed by atoms with Crippen molar-refractivity contribution in [2.45, 2.75) is 37.3 Å². The van der Waals surface area contributed by atoms with E-state index >= 15 is 0 Å². The Hall–Kier alpha value is -0.960. The molecule has 0 bridgehead atoms. The summed E-state index contributed by atoms with van der Waals surface area (Å²) in [6, 6.07) is 7.91. The number of thioether (sulfide) groups is 1. The molecular weight excluding hydrogens is 206 g/mol. The Balaban J connectivity index is 2.81. The number of nitrogens with one attached hydrogen (secondary N) is 1. The van der Waals surface area contributed by atoms with Crippen molar-refractivity contribution in [2.24, 2.45) is 0 Å². The van der Waals surface area contributed by atoms with Crippen molar-refractivity contribution in [3.05, 3.63) is 24.3 Å². The molecule has 0 saturated carbocycles. The van der Waals surface area contributed by atoms with Gasteiger partial charge in [0.1, 0.15) is 0 Å². The highest BCUT2D eigenvalue weighted by Crippen LogP contribution is 2.30. The molecule has 0 saturated heterocycles. The minimum absolute atomic E-state index is 0.0619. The van der Waals surface area contributed by atoms with E-state index in [1.54, 1.807) is 11.8 Å². The number of amides is 1. The highest BCUT2D eigenvalue weighted by molar-refractivity contribution is 8.00. The summed E-state index contributed by atoms with van der Waals surface area (Å²) in [7, 11) is 0. The number of hydrogen-bond donors (Lipinski definition) is 1. The summed E-state index contributed by atoms with van der Waals surface area (Å²) < 4.78 is 0. The normalized spacial score (nSPS) is 10.4. The van der Waals surface area contributed by atoms with Crippen LogP contribution in [0.25, 0.3) is 0 Å². The van der Waals surface area contributed by atoms with Crippen LogP contribution in [0.1, 0.15) is 27.2 Å². The van der Waals surface area contributed by atoms with Gasteiger partial charge in [-0.25, -0.2) is 0 Å². The quantitative estimate of drug-likeness (QED) is 0.791. The second-order valence-corrected chi connectivity index (χ2v) is 5.18. The molecule has 1 rings (SSSR count). The zero-order chi connectivity index (χ0) is 11.3. The van der Waals surface area contributed by atoms with E-state index in [-0.39, 0.29) is 5.91 Å². The highest BCUT2D eigenvalue weighted by atomic mass is 32.2. The Morgan fingerprint density at radius 3 is 2.67 bits per heavy atom. The predicted molar refractivity (Wildman–Crippen MR) is 66.4 cm³/mol. The van der Waals surface area contributed by atoms with Crippen LogP contribution in [0.2, 0.25) is 0 Å². The summed E-state index contributed by atoms with van der Waals surface area (Å²) in [5.74, 6) is 0.0619. The molecule has 0 unspecified atom stereocenters. The van der Waals surface area contributed by atoms with Crippen LogP contribution < -0.4 is 5.32 Å². The van der Waals surface area contributed by atoms with E-state index in [1.165, 1.54) is 0 Å². The van der Waals surface area contributed by atoms with Gasteiger partial charge in [0.05, 0.1) is 5.69 Å². The van der Waals surface area contributed by atoms with Crippen molar-refractivity contribution in [1.29, 1.82) is 0 Å². The van der Waals surface area contributed by atoms with Gasteiger partial charge in [0.25, 0.3) is 0 Å². The Kier molecular flexibility index (Phi) is 4.69. The lowest BCUT2D eigenvalue weighted by atomic mass is 10.3. The number of rotatable bonds is 4. The number of para-hydroxylation sites is 1. The summed E-state index contributed by atoms with van der Waals surface area (Å²) in [6.45, 7) is 6.14. The summed E-state index contributed by atoms with van der Waals surface area (Å²) in [4.78, 5) is 12.4. The summed E-state index contributed by atoms with van der Waals surface area (Å²) in [6.07, 6.45) is 0.515. The monoisotopic (exact) mass is 223 g/mol. The van der Waals surface area contributed by atoms with Crippen LogP contribution >= 0.6 is 11.8 Å². The van der Waals surface area contributed by atoms with Gasteiger partial charge in [-0.3, -0.25) is 4.79 Å². The van der Waals surface area contributed by atoms with Crippen LogP contribution in [-0.4, -0.2) is 11.2 Å². The average Bonchev–Trinajstić information content (AvgIpc) is 2.20. The van der Waals surface area contributed by atoms with Gasteiger partial charge in [0, 0.05) is 16.6 Å². The molecular formula is C12H17NOS. The van der Waals surface area contributed by atoms with E-state index in [9.17, 15) is 4.79 Å². The first kappa shape index (κ1) is 12.1. The lowest BCUT2D eigenvalue weighted by Gasteiger charge is -2.11. The topological polar surface area (TPSA) is 29.1 Å². The van der Waals surface area contributed by atoms with Gasteiger partial charge in [0.15, 0.2) is 0 Å². The fourth-order valence-corrected chi connectivity index (χ4v) is 2.08. The molecule has 0 spiro atoms. The number of benzene rings is 1. The van der Waals surface area contributed by atoms with Crippen molar-refractivity contribution in [1.82, 2.24) is 0 Å². The van der Waals surface area contributed by atoms with E-state index in [0.717, 1.165) is 10.6 Å². The van der Waals surface area contributed by atoms with Crippen molar-refractivity contribution >= 4 is 23.4 Å². The fourth-order valence-electron chi connectivity index (χ4n) is 1.17. The Bertz CT molecular complexity index is 336. The third-order valence-corrected chi connectivity index (χ3v) is 2.93. The molecule has 0 atom stereocenters. The zero-order valence-corrected chi connectivity index (χ0v) is 10.2. The highest BCUT2D eigenvalue weighted by Gasteiger charge is 2.06. The Labute approximate surface area is 95.5 Å². The van der Waals surface area contributed by atoms with E-state index in [4.69, 9.17) is 0 Å². The van der Waals surface area contributed by atoms with Crippen LogP contribution in [0, 0.1) is 0 Å². The number of anilines is 1. The molecule has 0 heterocycles. The van der Waals surface area contributed by atoms with Gasteiger partial charge < -0.3 is 5.32 Å². The van der Waals surface area contributed by atoms with Crippen LogP contribution in [-0.2, 0) is 4.79 Å². The van der Waals surface area contributed by atoms with Gasteiger partial charge >= 0.3 is 0 Å². The molecule has 0 aromatic heterocycles. The molecule has 0 fully saturated rings. The molecule has 0 aliphatic rings. The average molecular weight is 223 g/mol. The van der Waals surface area contributed by atoms with E-state index in [2.05, 4.69) is 19.2 Å². The SMILES string of the molecule is CCC(=O)Nc1ccccc1SC(C)C. The first-order valence-corrected chi connectivity index (χ1v) is 6.07. The first-order chi connectivity index (χ1) is 7.13. The molecule has 1 aromatic rings. The van der Waals surface area contributed by atoms with Crippen LogP contribution in [0.5, 0.6) is 0 Å². The molecule has 15 heavy (non-hydrogen) atoms. The summed E-state index contributed by atoms with van der Waals surface area (Å²) >= 11 is 1.76. The maximum absolute atomic E-state index is 11.3. The van der Waals surface area contributed by atoms with Gasteiger partial charge in [-0.1, -0.05) is 32.9 Å². The summed E-state index contributed by atoms with van der Waals surface area (Å²) in [5.41, 5.74) is 0.919. The molecule has 0 radical (unpaired) electrons. The first-order valence-electron chi connectivity index (χ1n) is 5.19. The predicted octanol–water partition coefficient (Wildman–Crippen LogP) is 3.54. The molecule has 2 nitrogen and oxygen atoms in total. The van der Waals surface area contributed by atoms with Crippen molar-refractivity contribution in [3.63, 3.8) is 0 Å². The van der Waals surface area contributed by atoms with Gasteiger partial charge in [-0.15, -0.1) is 11.8 Å². The largest absolute Gasteiger partial charge is 0.325 e. The second kappa shape index (κ2) is 5.81. The molecule has 82 valence electrons. The lowest BCUT2D eigenvalue weighted by Crippen LogP contribution is -2.10. The number of hydrogen-bond acceptors (Lipinski definition) is 2. The molecule has 1 amide bonds. The third-order valence-electron chi connectivity index (χ3n) is 1.84. The standard InChI is InChI=1S/C12H17NOS/c1-4-12(14)13-10-7-5-6-8-11(10)15-9(2)3/h5-9H,4H2,1-3H3,(H,13,14). The Morgan fingerprint density at radius 2 is 2.07 bits per heavy atom.